The van der Waals surface area contributed by atoms with Gasteiger partial charge in [0.1, 0.15) is 19.3 Å². The number of unbranched alkanes of at least 4 members (excludes halogenated alkanes) is 54. The molecule has 0 bridgehead atoms. The summed E-state index contributed by atoms with van der Waals surface area (Å²) in [6.07, 6.45) is 67.8. The van der Waals surface area contributed by atoms with Crippen LogP contribution in [0.3, 0.4) is 0 Å². The summed E-state index contributed by atoms with van der Waals surface area (Å²) in [5.74, 6) is -0.491. The third-order valence-electron chi connectivity index (χ3n) is 20.0. The number of phosphoric ester groups is 2. The molecule has 0 aliphatic carbocycles. The quantitative estimate of drug-likeness (QED) is 0.0222. The maximum absolute atomic E-state index is 13.1. The van der Waals surface area contributed by atoms with Crippen molar-refractivity contribution in [2.24, 2.45) is 11.8 Å². The molecular weight excluding hydrogens is 1350 g/mol. The Morgan fingerprint density at radius 2 is 0.442 bits per heavy atom. The van der Waals surface area contributed by atoms with Gasteiger partial charge in [0, 0.05) is 25.7 Å². The fourth-order valence-corrected chi connectivity index (χ4v) is 14.8. The molecule has 0 spiro atoms. The van der Waals surface area contributed by atoms with Gasteiger partial charge in [-0.1, -0.05) is 401 Å². The molecule has 0 aromatic carbocycles. The van der Waals surface area contributed by atoms with Gasteiger partial charge in [0.25, 0.3) is 0 Å². The first-order valence-electron chi connectivity index (χ1n) is 44.0. The number of rotatable bonds is 84. The fraction of sp³-hybridized carbons (Fsp3) is 0.953. The van der Waals surface area contributed by atoms with Crippen molar-refractivity contribution in [3.63, 3.8) is 0 Å². The van der Waals surface area contributed by atoms with E-state index in [-0.39, 0.29) is 25.7 Å². The van der Waals surface area contributed by atoms with Crippen LogP contribution in [0.15, 0.2) is 0 Å². The van der Waals surface area contributed by atoms with E-state index in [1.54, 1.807) is 0 Å². The van der Waals surface area contributed by atoms with Gasteiger partial charge in [-0.15, -0.1) is 0 Å². The molecule has 0 saturated carbocycles. The maximum Gasteiger partial charge on any atom is 0.472 e. The highest BCUT2D eigenvalue weighted by Crippen LogP contribution is 2.45. The average Bonchev–Trinajstić information content (AvgIpc) is 0.904. The molecule has 3 N–H and O–H groups in total. The van der Waals surface area contributed by atoms with E-state index in [2.05, 4.69) is 41.5 Å². The predicted octanol–water partition coefficient (Wildman–Crippen LogP) is 25.8. The topological polar surface area (TPSA) is 237 Å². The first-order chi connectivity index (χ1) is 50.4. The zero-order chi connectivity index (χ0) is 76.4. The van der Waals surface area contributed by atoms with E-state index in [1.807, 2.05) is 0 Å². The molecule has 19 heteroatoms. The molecule has 0 saturated heterocycles. The minimum Gasteiger partial charge on any atom is -0.462 e. The summed E-state index contributed by atoms with van der Waals surface area (Å²) in [6.45, 7) is 9.73. The van der Waals surface area contributed by atoms with Crippen LogP contribution in [-0.2, 0) is 65.4 Å². The molecule has 0 aliphatic rings. The number of aliphatic hydroxyl groups is 1. The Bertz CT molecular complexity index is 1990. The van der Waals surface area contributed by atoms with Crippen LogP contribution in [0.1, 0.15) is 452 Å². The van der Waals surface area contributed by atoms with Crippen molar-refractivity contribution >= 4 is 39.5 Å². The Balaban J connectivity index is 5.27. The molecule has 618 valence electrons. The molecular formula is C85H166O17P2. The van der Waals surface area contributed by atoms with Crippen molar-refractivity contribution in [3.8, 4) is 0 Å². The van der Waals surface area contributed by atoms with Crippen molar-refractivity contribution in [2.45, 2.75) is 471 Å². The molecule has 0 fully saturated rings. The van der Waals surface area contributed by atoms with Crippen molar-refractivity contribution in [1.82, 2.24) is 0 Å². The summed E-state index contributed by atoms with van der Waals surface area (Å²) in [4.78, 5) is 73.2. The Morgan fingerprint density at radius 3 is 0.654 bits per heavy atom. The minimum absolute atomic E-state index is 0.108. The van der Waals surface area contributed by atoms with E-state index in [9.17, 15) is 43.2 Å². The van der Waals surface area contributed by atoms with Gasteiger partial charge in [-0.25, -0.2) is 9.13 Å². The van der Waals surface area contributed by atoms with Crippen molar-refractivity contribution < 1.29 is 80.2 Å². The van der Waals surface area contributed by atoms with Crippen molar-refractivity contribution in [1.29, 1.82) is 0 Å². The molecule has 0 aromatic rings. The number of phosphoric acid groups is 2. The van der Waals surface area contributed by atoms with E-state index >= 15 is 0 Å². The fourth-order valence-electron chi connectivity index (χ4n) is 13.2. The summed E-state index contributed by atoms with van der Waals surface area (Å²) in [6, 6.07) is 0. The highest BCUT2D eigenvalue weighted by molar-refractivity contribution is 7.47. The van der Waals surface area contributed by atoms with Crippen LogP contribution in [0.4, 0.5) is 0 Å². The van der Waals surface area contributed by atoms with Gasteiger partial charge in [0.2, 0.25) is 0 Å². The number of carbonyl (C=O) groups excluding carboxylic acids is 4. The lowest BCUT2D eigenvalue weighted by Gasteiger charge is -2.21. The third kappa shape index (κ3) is 78.2. The number of esters is 4. The summed E-state index contributed by atoms with van der Waals surface area (Å²) in [7, 11) is -9.93. The lowest BCUT2D eigenvalue weighted by atomic mass is 10.0. The first kappa shape index (κ1) is 102. The molecule has 17 nitrogen and oxygen atoms in total. The maximum atomic E-state index is 13.1. The zero-order valence-corrected chi connectivity index (χ0v) is 70.1. The van der Waals surface area contributed by atoms with Crippen molar-refractivity contribution in [3.05, 3.63) is 0 Å². The molecule has 5 atom stereocenters. The highest BCUT2D eigenvalue weighted by Gasteiger charge is 2.30. The van der Waals surface area contributed by atoms with Crippen LogP contribution in [0.2, 0.25) is 0 Å². The smallest absolute Gasteiger partial charge is 0.462 e. The van der Waals surface area contributed by atoms with E-state index in [0.717, 1.165) is 102 Å². The highest BCUT2D eigenvalue weighted by atomic mass is 31.2. The molecule has 0 rings (SSSR count). The van der Waals surface area contributed by atoms with Crippen LogP contribution in [0, 0.1) is 11.8 Å². The summed E-state index contributed by atoms with van der Waals surface area (Å²) >= 11 is 0. The van der Waals surface area contributed by atoms with Crippen molar-refractivity contribution in [2.75, 3.05) is 39.6 Å². The SMILES string of the molecule is CCCCCCCCCCCCCCCCCC(=O)O[C@H](COC(=O)CCCCCCCCCCCCCCC)COP(=O)(O)OC[C@H](O)COP(=O)(O)OC[C@@H](COC(=O)CCCCCCCCCCCCCCCCCC(C)C)OC(=O)CCCCCCCCCCCCCCCCCC(C)C. The van der Waals surface area contributed by atoms with Crippen LogP contribution < -0.4 is 0 Å². The standard InChI is InChI=1S/C85H166O17P2/c1-7-9-11-13-15-17-19-21-24-33-39-45-51-57-63-69-84(89)101-80(73-95-82(87)67-61-55-49-43-37-29-20-18-16-14-12-10-8-2)75-99-103(91,92)97-71-79(86)72-98-104(93,94)100-76-81(102-85(90)70-64-58-52-46-40-34-28-23-26-31-36-42-48-54-60-66-78(5)6)74-96-83(88)68-62-56-50-44-38-32-27-22-25-30-35-41-47-53-59-65-77(3)4/h77-81,86H,7-76H2,1-6H3,(H,91,92)(H,93,94)/t79-,80+,81+/m0/s1. The Morgan fingerprint density at radius 1 is 0.260 bits per heavy atom. The van der Waals surface area contributed by atoms with Gasteiger partial charge in [-0.2, -0.15) is 0 Å². The Labute approximate surface area is 638 Å². The van der Waals surface area contributed by atoms with E-state index < -0.39 is 97.5 Å². The summed E-state index contributed by atoms with van der Waals surface area (Å²) < 4.78 is 68.9. The Hall–Kier alpha value is -1.94. The molecule has 2 unspecified atom stereocenters. The molecule has 0 aromatic heterocycles. The molecule has 0 aliphatic heterocycles. The third-order valence-corrected chi connectivity index (χ3v) is 21.9. The molecule has 0 radical (unpaired) electrons. The van der Waals surface area contributed by atoms with E-state index in [1.165, 1.54) is 270 Å². The summed E-state index contributed by atoms with van der Waals surface area (Å²) in [5.41, 5.74) is 0. The lowest BCUT2D eigenvalue weighted by molar-refractivity contribution is -0.161. The van der Waals surface area contributed by atoms with Gasteiger partial charge in [-0.3, -0.25) is 37.3 Å². The number of carbonyl (C=O) groups is 4. The van der Waals surface area contributed by atoms with E-state index in [4.69, 9.17) is 37.0 Å². The number of hydrogen-bond acceptors (Lipinski definition) is 15. The van der Waals surface area contributed by atoms with E-state index in [0.29, 0.717) is 25.7 Å². The molecule has 0 amide bonds. The lowest BCUT2D eigenvalue weighted by Crippen LogP contribution is -2.30. The number of ether oxygens (including phenoxy) is 4. The van der Waals surface area contributed by atoms with Gasteiger partial charge in [0.15, 0.2) is 12.2 Å². The first-order valence-corrected chi connectivity index (χ1v) is 47.0. The van der Waals surface area contributed by atoms with Gasteiger partial charge in [0.05, 0.1) is 26.4 Å². The molecule has 0 heterocycles. The normalized spacial score (nSPS) is 13.8. The van der Waals surface area contributed by atoms with Crippen LogP contribution in [0.5, 0.6) is 0 Å². The number of aliphatic hydroxyl groups excluding tert-OH is 1. The van der Waals surface area contributed by atoms with Gasteiger partial charge >= 0.3 is 39.5 Å². The second-order valence-corrected chi connectivity index (χ2v) is 34.4. The second kappa shape index (κ2) is 76.4. The zero-order valence-electron chi connectivity index (χ0n) is 68.3. The second-order valence-electron chi connectivity index (χ2n) is 31.5. The van der Waals surface area contributed by atoms with Crippen LogP contribution >= 0.6 is 15.6 Å². The summed E-state index contributed by atoms with van der Waals surface area (Å²) in [5, 5.41) is 10.7. The largest absolute Gasteiger partial charge is 0.472 e. The Kier molecular flexibility index (Phi) is 75.0. The molecule has 104 heavy (non-hydrogen) atoms. The predicted molar refractivity (Wildman–Crippen MR) is 428 cm³/mol. The number of hydrogen-bond donors (Lipinski definition) is 3. The monoisotopic (exact) mass is 1520 g/mol. The van der Waals surface area contributed by atoms with Crippen LogP contribution in [-0.4, -0.2) is 96.7 Å². The van der Waals surface area contributed by atoms with Crippen LogP contribution in [0.25, 0.3) is 0 Å². The van der Waals surface area contributed by atoms with Gasteiger partial charge < -0.3 is 33.8 Å². The van der Waals surface area contributed by atoms with Gasteiger partial charge in [-0.05, 0) is 37.5 Å². The minimum atomic E-state index is -4.97. The average molecular weight is 1520 g/mol.